The molecular formula is C27H32Cl2O4. The molecule has 4 atom stereocenters. The van der Waals surface area contributed by atoms with Crippen molar-refractivity contribution in [1.82, 2.24) is 0 Å². The van der Waals surface area contributed by atoms with Crippen LogP contribution in [-0.4, -0.2) is 23.8 Å². The van der Waals surface area contributed by atoms with Gasteiger partial charge in [-0.1, -0.05) is 60.8 Å². The standard InChI is InChI=1S/C27H32Cl2O4/c1-6-7-22-21(18-8-10-19(28)11-9-18)13-20(15(2)3)27(33-22)25-17(5)26(29)16(4)12-23(25)32-14-24(30)31/h8-12,20-22,27H,2,6-7,13-14H2,1,3-5H3,(H,30,31)/t20-,21+,22-,27-/m0/s1. The first kappa shape index (κ1) is 25.6. The second-order valence-corrected chi connectivity index (χ2v) is 9.77. The first-order valence-corrected chi connectivity index (χ1v) is 12.1. The van der Waals surface area contributed by atoms with Crippen LogP contribution in [0, 0.1) is 19.8 Å². The van der Waals surface area contributed by atoms with Crippen LogP contribution in [0.15, 0.2) is 42.5 Å². The minimum Gasteiger partial charge on any atom is -0.482 e. The van der Waals surface area contributed by atoms with E-state index in [2.05, 4.69) is 25.6 Å². The van der Waals surface area contributed by atoms with Crippen molar-refractivity contribution in [1.29, 1.82) is 0 Å². The molecule has 1 aliphatic rings. The molecule has 178 valence electrons. The minimum absolute atomic E-state index is 0.0106. The van der Waals surface area contributed by atoms with E-state index in [9.17, 15) is 9.90 Å². The van der Waals surface area contributed by atoms with E-state index in [1.807, 2.05) is 39.0 Å². The molecule has 0 amide bonds. The van der Waals surface area contributed by atoms with Gasteiger partial charge in [0.2, 0.25) is 0 Å². The van der Waals surface area contributed by atoms with Crippen LogP contribution < -0.4 is 4.74 Å². The molecule has 1 fully saturated rings. The van der Waals surface area contributed by atoms with Crippen molar-refractivity contribution in [3.8, 4) is 5.75 Å². The molecule has 3 rings (SSSR count). The van der Waals surface area contributed by atoms with Gasteiger partial charge in [0.15, 0.2) is 6.61 Å². The fourth-order valence-electron chi connectivity index (χ4n) is 4.82. The number of hydrogen-bond acceptors (Lipinski definition) is 3. The van der Waals surface area contributed by atoms with Crippen molar-refractivity contribution < 1.29 is 19.4 Å². The third-order valence-corrected chi connectivity index (χ3v) is 7.31. The molecule has 1 N–H and O–H groups in total. The lowest BCUT2D eigenvalue weighted by molar-refractivity contribution is -0.139. The topological polar surface area (TPSA) is 55.8 Å². The number of aryl methyl sites for hydroxylation is 1. The fourth-order valence-corrected chi connectivity index (χ4v) is 5.10. The van der Waals surface area contributed by atoms with Gasteiger partial charge in [-0.25, -0.2) is 4.79 Å². The van der Waals surface area contributed by atoms with Crippen LogP contribution >= 0.6 is 23.2 Å². The van der Waals surface area contributed by atoms with E-state index < -0.39 is 12.6 Å². The van der Waals surface area contributed by atoms with Crippen LogP contribution in [-0.2, 0) is 9.53 Å². The summed E-state index contributed by atoms with van der Waals surface area (Å²) in [6, 6.07) is 9.80. The fraction of sp³-hybridized carbons (Fsp3) is 0.444. The average Bonchev–Trinajstić information content (AvgIpc) is 2.76. The highest BCUT2D eigenvalue weighted by Gasteiger charge is 2.41. The van der Waals surface area contributed by atoms with Crippen LogP contribution in [0.3, 0.4) is 0 Å². The van der Waals surface area contributed by atoms with E-state index in [0.717, 1.165) is 41.5 Å². The number of hydrogen-bond donors (Lipinski definition) is 1. The van der Waals surface area contributed by atoms with Crippen molar-refractivity contribution >= 4 is 29.2 Å². The zero-order valence-corrected chi connectivity index (χ0v) is 21.2. The monoisotopic (exact) mass is 490 g/mol. The normalized spacial score (nSPS) is 22.7. The molecule has 0 bridgehead atoms. The maximum Gasteiger partial charge on any atom is 0.341 e. The number of carbonyl (C=O) groups is 1. The highest BCUT2D eigenvalue weighted by atomic mass is 35.5. The molecule has 0 aromatic heterocycles. The molecule has 0 aliphatic carbocycles. The summed E-state index contributed by atoms with van der Waals surface area (Å²) >= 11 is 12.8. The van der Waals surface area contributed by atoms with Crippen molar-refractivity contribution in [3.05, 3.63) is 74.8 Å². The van der Waals surface area contributed by atoms with Gasteiger partial charge in [-0.2, -0.15) is 0 Å². The molecule has 1 heterocycles. The van der Waals surface area contributed by atoms with E-state index in [1.54, 1.807) is 0 Å². The molecule has 2 aromatic carbocycles. The molecule has 1 saturated heterocycles. The second kappa shape index (κ2) is 10.9. The predicted molar refractivity (Wildman–Crippen MR) is 134 cm³/mol. The lowest BCUT2D eigenvalue weighted by Crippen LogP contribution is -2.36. The molecule has 6 heteroatoms. The molecule has 1 aliphatic heterocycles. The Balaban J connectivity index is 2.08. The van der Waals surface area contributed by atoms with Crippen LogP contribution in [0.4, 0.5) is 0 Å². The zero-order chi connectivity index (χ0) is 24.3. The number of aliphatic carboxylic acids is 1. The van der Waals surface area contributed by atoms with Crippen molar-refractivity contribution in [2.24, 2.45) is 5.92 Å². The summed E-state index contributed by atoms with van der Waals surface area (Å²) < 4.78 is 12.6. The molecule has 33 heavy (non-hydrogen) atoms. The summed E-state index contributed by atoms with van der Waals surface area (Å²) in [5, 5.41) is 10.5. The Hall–Kier alpha value is -2.01. The van der Waals surface area contributed by atoms with Gasteiger partial charge < -0.3 is 14.6 Å². The number of carboxylic acids is 1. The smallest absolute Gasteiger partial charge is 0.341 e. The van der Waals surface area contributed by atoms with Crippen molar-refractivity contribution in [3.63, 3.8) is 0 Å². The Morgan fingerprint density at radius 2 is 1.91 bits per heavy atom. The average molecular weight is 491 g/mol. The second-order valence-electron chi connectivity index (χ2n) is 8.96. The van der Waals surface area contributed by atoms with Crippen LogP contribution in [0.25, 0.3) is 0 Å². The lowest BCUT2D eigenvalue weighted by atomic mass is 9.74. The predicted octanol–water partition coefficient (Wildman–Crippen LogP) is 7.68. The molecule has 0 radical (unpaired) electrons. The Morgan fingerprint density at radius 3 is 2.48 bits per heavy atom. The van der Waals surface area contributed by atoms with E-state index in [0.29, 0.717) is 15.8 Å². The summed E-state index contributed by atoms with van der Waals surface area (Å²) in [5.41, 5.74) is 4.71. The Kier molecular flexibility index (Phi) is 8.49. The van der Waals surface area contributed by atoms with Gasteiger partial charge in [-0.15, -0.1) is 0 Å². The van der Waals surface area contributed by atoms with Gasteiger partial charge >= 0.3 is 5.97 Å². The maximum atomic E-state index is 11.2. The first-order valence-electron chi connectivity index (χ1n) is 11.3. The van der Waals surface area contributed by atoms with Crippen molar-refractivity contribution in [2.45, 2.75) is 65.1 Å². The summed E-state index contributed by atoms with van der Waals surface area (Å²) in [4.78, 5) is 11.2. The number of halogens is 2. The molecule has 0 saturated carbocycles. The highest BCUT2D eigenvalue weighted by Crippen LogP contribution is 2.51. The molecule has 0 spiro atoms. The molecule has 0 unspecified atom stereocenters. The SMILES string of the molecule is C=C(C)[C@@H]1C[C@H](c2ccc(Cl)cc2)[C@H](CCC)O[C@@H]1c1c(OCC(=O)O)cc(C)c(Cl)c1C. The number of benzene rings is 2. The van der Waals surface area contributed by atoms with Crippen LogP contribution in [0.5, 0.6) is 5.75 Å². The zero-order valence-electron chi connectivity index (χ0n) is 19.7. The van der Waals surface area contributed by atoms with Crippen molar-refractivity contribution in [2.75, 3.05) is 6.61 Å². The summed E-state index contributed by atoms with van der Waals surface area (Å²) in [5.74, 6) is -0.305. The Labute approximate surface area is 206 Å². The van der Waals surface area contributed by atoms with Crippen LogP contribution in [0.2, 0.25) is 10.0 Å². The van der Waals surface area contributed by atoms with Gasteiger partial charge in [-0.3, -0.25) is 0 Å². The first-order chi connectivity index (χ1) is 15.6. The van der Waals surface area contributed by atoms with Gasteiger partial charge in [0.1, 0.15) is 5.75 Å². The minimum atomic E-state index is -1.03. The molecular weight excluding hydrogens is 459 g/mol. The van der Waals surface area contributed by atoms with E-state index in [4.69, 9.17) is 32.7 Å². The van der Waals surface area contributed by atoms with Gasteiger partial charge in [-0.05, 0) is 68.5 Å². The Morgan fingerprint density at radius 1 is 1.24 bits per heavy atom. The van der Waals surface area contributed by atoms with Gasteiger partial charge in [0, 0.05) is 27.4 Å². The lowest BCUT2D eigenvalue weighted by Gasteiger charge is -2.43. The number of ether oxygens (including phenoxy) is 2. The maximum absolute atomic E-state index is 11.2. The number of carboxylic acid groups (broad SMARTS) is 1. The van der Waals surface area contributed by atoms with E-state index >= 15 is 0 Å². The van der Waals surface area contributed by atoms with Gasteiger partial charge in [0.05, 0.1) is 12.2 Å². The van der Waals surface area contributed by atoms with E-state index in [1.165, 1.54) is 5.56 Å². The Bertz CT molecular complexity index is 1020. The van der Waals surface area contributed by atoms with E-state index in [-0.39, 0.29) is 24.0 Å². The number of rotatable bonds is 8. The third kappa shape index (κ3) is 5.74. The van der Waals surface area contributed by atoms with Crippen LogP contribution in [0.1, 0.15) is 67.4 Å². The quantitative estimate of drug-likeness (QED) is 0.385. The highest BCUT2D eigenvalue weighted by molar-refractivity contribution is 6.32. The summed E-state index contributed by atoms with van der Waals surface area (Å²) in [7, 11) is 0. The third-order valence-electron chi connectivity index (χ3n) is 6.48. The molecule has 2 aromatic rings. The largest absolute Gasteiger partial charge is 0.482 e. The summed E-state index contributed by atoms with van der Waals surface area (Å²) in [6.45, 7) is 11.8. The molecule has 4 nitrogen and oxygen atoms in total. The van der Waals surface area contributed by atoms with Gasteiger partial charge in [0.25, 0.3) is 0 Å². The summed E-state index contributed by atoms with van der Waals surface area (Å²) in [6.07, 6.45) is 2.40.